The van der Waals surface area contributed by atoms with Crippen LogP contribution in [0, 0.1) is 24.7 Å². The van der Waals surface area contributed by atoms with Crippen LogP contribution in [0.3, 0.4) is 0 Å². The van der Waals surface area contributed by atoms with Crippen molar-refractivity contribution in [3.63, 3.8) is 0 Å². The molecule has 288 valence electrons. The first kappa shape index (κ1) is 42.9. The van der Waals surface area contributed by atoms with Crippen molar-refractivity contribution in [1.82, 2.24) is 19.3 Å². The van der Waals surface area contributed by atoms with Crippen LogP contribution in [-0.2, 0) is 9.53 Å². The molecule has 0 bridgehead atoms. The number of carbonyl (C=O) groups is 1. The summed E-state index contributed by atoms with van der Waals surface area (Å²) in [5, 5.41) is 1.80. The molecule has 0 radical (unpaired) electrons. The Hall–Kier alpha value is -5.82. The second-order valence-electron chi connectivity index (χ2n) is 13.4. The van der Waals surface area contributed by atoms with E-state index in [4.69, 9.17) is 46.5 Å². The first-order valence-electron chi connectivity index (χ1n) is 17.2. The van der Waals surface area contributed by atoms with E-state index in [-0.39, 0.29) is 42.8 Å². The molecule has 0 saturated carbocycles. The highest BCUT2D eigenvalue weighted by molar-refractivity contribution is 6.31. The molecule has 4 aromatic carbocycles. The van der Waals surface area contributed by atoms with E-state index >= 15 is 0 Å². The van der Waals surface area contributed by atoms with Crippen molar-refractivity contribution in [2.45, 2.75) is 57.6 Å². The molecule has 4 N–H and O–H groups in total. The van der Waals surface area contributed by atoms with Gasteiger partial charge in [-0.05, 0) is 81.4 Å². The minimum absolute atomic E-state index is 0. The zero-order valence-electron chi connectivity index (χ0n) is 30.8. The third kappa shape index (κ3) is 10.9. The summed E-state index contributed by atoms with van der Waals surface area (Å²) < 4.78 is 8.15. The van der Waals surface area contributed by atoms with E-state index in [0.29, 0.717) is 49.2 Å². The minimum Gasteiger partial charge on any atom is -0.460 e. The first-order valence-corrected chi connectivity index (χ1v) is 18.0. The highest BCUT2D eigenvalue weighted by Crippen LogP contribution is 2.26. The minimum atomic E-state index is -0.635. The summed E-state index contributed by atoms with van der Waals surface area (Å²) in [6, 6.07) is 27.8. The summed E-state index contributed by atoms with van der Waals surface area (Å²) in [6.45, 7) is 5.39. The summed E-state index contributed by atoms with van der Waals surface area (Å²) in [5.74, 6) is 4.84. The SMILES string of the molecule is C#CC[C@@H](CC(=O)OC(C)(C)C)c1nc2cc(Cl)ccc2c(=O)n1Nc1ccccc1.C#CC[C@@H](N)c1nc2cc(Cl)ccc2c(=O)n1Nc1ccccc1.Cl. The van der Waals surface area contributed by atoms with Crippen LogP contribution in [0.1, 0.15) is 63.6 Å². The number of nitrogens with zero attached hydrogens (tertiary/aromatic N) is 4. The fraction of sp³-hybridized carbons (Fsp3) is 0.214. The Bertz CT molecular complexity index is 2520. The molecule has 2 atom stereocenters. The molecule has 0 saturated heterocycles. The number of halogens is 3. The Kier molecular flexibility index (Phi) is 14.7. The van der Waals surface area contributed by atoms with Crippen molar-refractivity contribution >= 4 is 74.8 Å². The van der Waals surface area contributed by atoms with E-state index in [1.807, 2.05) is 60.7 Å². The number of terminal acetylenes is 2. The molecule has 0 aliphatic carbocycles. The van der Waals surface area contributed by atoms with Crippen LogP contribution < -0.4 is 27.7 Å². The molecule has 0 spiro atoms. The van der Waals surface area contributed by atoms with Crippen molar-refractivity contribution in [2.75, 3.05) is 10.9 Å². The number of nitrogens with one attached hydrogen (secondary N) is 2. The third-order valence-corrected chi connectivity index (χ3v) is 8.45. The van der Waals surface area contributed by atoms with Gasteiger partial charge in [-0.1, -0.05) is 59.6 Å². The molecular weight excluding hydrogens is 773 g/mol. The van der Waals surface area contributed by atoms with Crippen molar-refractivity contribution < 1.29 is 9.53 Å². The average molecular weight is 813 g/mol. The van der Waals surface area contributed by atoms with Gasteiger partial charge in [0.05, 0.1) is 45.6 Å². The van der Waals surface area contributed by atoms with E-state index in [9.17, 15) is 14.4 Å². The summed E-state index contributed by atoms with van der Waals surface area (Å²) in [6.07, 6.45) is 11.4. The molecule has 14 heteroatoms. The molecule has 56 heavy (non-hydrogen) atoms. The standard InChI is InChI=1S/C24H24ClN3O3.C18H15ClN4O.ClH/c1-5-9-16(14-21(29)31-24(2,3)4)22-26-20-15-17(25)12-13-19(20)23(30)28(22)27-18-10-7-6-8-11-18;1-2-6-15(20)17-21-16-11-12(19)9-10-14(16)18(24)23(17)22-13-7-4-3-5-8-13;/h1,6-8,10-13,15-16,27H,9,14H2,2-4H3;1,3-5,7-11,15,22H,6,20H2;1H/t16-;15-;/m01./s1. The molecule has 0 unspecified atom stereocenters. The van der Waals surface area contributed by atoms with Gasteiger partial charge in [-0.15, -0.1) is 37.1 Å². The first-order chi connectivity index (χ1) is 26.3. The predicted molar refractivity (Wildman–Crippen MR) is 227 cm³/mol. The predicted octanol–water partition coefficient (Wildman–Crippen LogP) is 8.13. The molecule has 2 heterocycles. The van der Waals surface area contributed by atoms with Gasteiger partial charge in [0.25, 0.3) is 11.1 Å². The van der Waals surface area contributed by atoms with Gasteiger partial charge in [-0.2, -0.15) is 0 Å². The number of hydrogen-bond donors (Lipinski definition) is 3. The van der Waals surface area contributed by atoms with Gasteiger partial charge >= 0.3 is 5.97 Å². The number of ether oxygens (including phenoxy) is 1. The van der Waals surface area contributed by atoms with Crippen LogP contribution in [0.25, 0.3) is 21.8 Å². The fourth-order valence-electron chi connectivity index (χ4n) is 5.57. The van der Waals surface area contributed by atoms with E-state index in [1.54, 1.807) is 57.2 Å². The van der Waals surface area contributed by atoms with Gasteiger partial charge in [-0.25, -0.2) is 19.3 Å². The summed E-state index contributed by atoms with van der Waals surface area (Å²) in [5.41, 5.74) is 13.4. The number of benzene rings is 4. The maximum absolute atomic E-state index is 13.3. The van der Waals surface area contributed by atoms with Gasteiger partial charge in [-0.3, -0.25) is 25.2 Å². The van der Waals surface area contributed by atoms with Gasteiger partial charge in [0.1, 0.15) is 17.2 Å². The van der Waals surface area contributed by atoms with E-state index in [2.05, 4.69) is 32.7 Å². The van der Waals surface area contributed by atoms with E-state index in [0.717, 1.165) is 5.69 Å². The van der Waals surface area contributed by atoms with Crippen LogP contribution in [0.5, 0.6) is 0 Å². The van der Waals surface area contributed by atoms with Crippen molar-refractivity contribution in [3.05, 3.63) is 139 Å². The number of esters is 1. The quantitative estimate of drug-likeness (QED) is 0.0922. The van der Waals surface area contributed by atoms with Gasteiger partial charge < -0.3 is 10.5 Å². The Morgan fingerprint density at radius 3 is 1.66 bits per heavy atom. The molecule has 6 rings (SSSR count). The molecule has 0 aliphatic rings. The van der Waals surface area contributed by atoms with Crippen LogP contribution in [0.15, 0.2) is 107 Å². The van der Waals surface area contributed by atoms with Crippen LogP contribution in [0.4, 0.5) is 11.4 Å². The lowest BCUT2D eigenvalue weighted by Gasteiger charge is -2.23. The fourth-order valence-corrected chi connectivity index (χ4v) is 5.91. The lowest BCUT2D eigenvalue weighted by atomic mass is 10.00. The van der Waals surface area contributed by atoms with Gasteiger partial charge in [0, 0.05) is 28.8 Å². The second-order valence-corrected chi connectivity index (χ2v) is 14.3. The van der Waals surface area contributed by atoms with E-state index in [1.165, 1.54) is 9.35 Å². The molecule has 0 fully saturated rings. The lowest BCUT2D eigenvalue weighted by Crippen LogP contribution is -2.34. The smallest absolute Gasteiger partial charge is 0.307 e. The Morgan fingerprint density at radius 1 is 0.768 bits per heavy atom. The summed E-state index contributed by atoms with van der Waals surface area (Å²) >= 11 is 12.1. The Balaban J connectivity index is 0.000000252. The zero-order chi connectivity index (χ0) is 39.7. The molecule has 6 aromatic rings. The number of fused-ring (bicyclic) bond motifs is 2. The van der Waals surface area contributed by atoms with Crippen molar-refractivity contribution in [1.29, 1.82) is 0 Å². The van der Waals surface area contributed by atoms with E-state index < -0.39 is 23.5 Å². The van der Waals surface area contributed by atoms with Gasteiger partial charge in [0.15, 0.2) is 0 Å². The number of hydrogen-bond acceptors (Lipinski definition) is 9. The second kappa shape index (κ2) is 19.2. The molecule has 0 amide bonds. The number of carbonyl (C=O) groups excluding carboxylic acids is 1. The number of para-hydroxylation sites is 2. The van der Waals surface area contributed by atoms with Crippen LogP contribution >= 0.6 is 35.6 Å². The highest BCUT2D eigenvalue weighted by Gasteiger charge is 2.26. The summed E-state index contributed by atoms with van der Waals surface area (Å²) in [7, 11) is 0. The lowest BCUT2D eigenvalue weighted by molar-refractivity contribution is -0.155. The summed E-state index contributed by atoms with van der Waals surface area (Å²) in [4.78, 5) is 47.9. The van der Waals surface area contributed by atoms with Crippen LogP contribution in [-0.4, -0.2) is 30.9 Å². The van der Waals surface area contributed by atoms with Crippen molar-refractivity contribution in [3.8, 4) is 24.7 Å². The normalized spacial score (nSPS) is 11.9. The average Bonchev–Trinajstić information content (AvgIpc) is 3.14. The Morgan fingerprint density at radius 2 is 1.21 bits per heavy atom. The number of aromatic nitrogens is 4. The monoisotopic (exact) mass is 811 g/mol. The highest BCUT2D eigenvalue weighted by atomic mass is 35.5. The molecule has 11 nitrogen and oxygen atoms in total. The largest absolute Gasteiger partial charge is 0.460 e. The number of rotatable bonds is 10. The molecular formula is C42H40Cl3N7O4. The number of anilines is 2. The molecule has 0 aliphatic heterocycles. The third-order valence-electron chi connectivity index (χ3n) is 7.98. The van der Waals surface area contributed by atoms with Gasteiger partial charge in [0.2, 0.25) is 0 Å². The van der Waals surface area contributed by atoms with Crippen LogP contribution in [0.2, 0.25) is 10.0 Å². The van der Waals surface area contributed by atoms with Crippen molar-refractivity contribution in [2.24, 2.45) is 5.73 Å². The topological polar surface area (TPSA) is 146 Å². The maximum atomic E-state index is 13.3. The maximum Gasteiger partial charge on any atom is 0.307 e. The Labute approximate surface area is 340 Å². The molecule has 2 aromatic heterocycles. The number of nitrogens with two attached hydrogens (primary N) is 1. The zero-order valence-corrected chi connectivity index (χ0v) is 33.2.